The van der Waals surface area contributed by atoms with E-state index in [-0.39, 0.29) is 23.5 Å². The Morgan fingerprint density at radius 2 is 2.17 bits per heavy atom. The number of rotatable bonds is 3. The molecule has 2 rings (SSSR count). The number of anilines is 1. The molecule has 1 unspecified atom stereocenters. The fourth-order valence-corrected chi connectivity index (χ4v) is 3.20. The standard InChI is InChI=1S/C13H16N2O2S/c1-3-15-12(16)7-11(13(15)17)18-10-6-4-5-9(14)8(10)2/h4-6,11H,3,7,14H2,1-2H3. The Balaban J connectivity index is 2.18. The number of carbonyl (C=O) groups is 2. The molecule has 0 bridgehead atoms. The Labute approximate surface area is 111 Å². The first kappa shape index (κ1) is 13.0. The summed E-state index contributed by atoms with van der Waals surface area (Å²) in [5, 5.41) is -0.307. The van der Waals surface area contributed by atoms with Crippen LogP contribution in [0.15, 0.2) is 23.1 Å². The van der Waals surface area contributed by atoms with E-state index in [1.165, 1.54) is 16.7 Å². The molecule has 1 aliphatic rings. The SMILES string of the molecule is CCN1C(=O)CC(Sc2cccc(N)c2C)C1=O. The number of thioether (sulfide) groups is 1. The zero-order valence-corrected chi connectivity index (χ0v) is 11.3. The summed E-state index contributed by atoms with van der Waals surface area (Å²) >= 11 is 1.43. The van der Waals surface area contributed by atoms with E-state index < -0.39 is 0 Å². The molecule has 2 amide bonds. The second-order valence-corrected chi connectivity index (χ2v) is 5.50. The van der Waals surface area contributed by atoms with Crippen molar-refractivity contribution in [3.8, 4) is 0 Å². The number of likely N-dealkylation sites (tertiary alicyclic amines) is 1. The van der Waals surface area contributed by atoms with Gasteiger partial charge in [-0.3, -0.25) is 14.5 Å². The molecule has 1 heterocycles. The average molecular weight is 264 g/mol. The van der Waals surface area contributed by atoms with Gasteiger partial charge in [0.05, 0.1) is 5.25 Å². The van der Waals surface area contributed by atoms with Gasteiger partial charge in [-0.25, -0.2) is 0 Å². The molecule has 18 heavy (non-hydrogen) atoms. The minimum atomic E-state index is -0.307. The molecule has 1 aliphatic heterocycles. The Morgan fingerprint density at radius 1 is 1.44 bits per heavy atom. The monoisotopic (exact) mass is 264 g/mol. The lowest BCUT2D eigenvalue weighted by atomic mass is 10.2. The maximum atomic E-state index is 12.0. The molecule has 1 fully saturated rings. The number of imide groups is 1. The highest BCUT2D eigenvalue weighted by molar-refractivity contribution is 8.00. The molecular formula is C13H16N2O2S. The lowest BCUT2D eigenvalue weighted by Crippen LogP contribution is -2.30. The fraction of sp³-hybridized carbons (Fsp3) is 0.385. The van der Waals surface area contributed by atoms with Crippen LogP contribution < -0.4 is 5.73 Å². The summed E-state index contributed by atoms with van der Waals surface area (Å²) in [5.41, 5.74) is 7.52. The topological polar surface area (TPSA) is 63.4 Å². The highest BCUT2D eigenvalue weighted by Crippen LogP contribution is 2.34. The van der Waals surface area contributed by atoms with E-state index in [1.54, 1.807) is 0 Å². The smallest absolute Gasteiger partial charge is 0.243 e. The summed E-state index contributed by atoms with van der Waals surface area (Å²) < 4.78 is 0. The number of hydrogen-bond acceptors (Lipinski definition) is 4. The Bertz CT molecular complexity index is 502. The predicted octanol–water partition coefficient (Wildman–Crippen LogP) is 1.82. The van der Waals surface area contributed by atoms with Crippen molar-refractivity contribution in [1.29, 1.82) is 0 Å². The van der Waals surface area contributed by atoms with E-state index in [0.29, 0.717) is 12.2 Å². The number of benzene rings is 1. The first-order chi connectivity index (χ1) is 8.54. The van der Waals surface area contributed by atoms with Crippen LogP contribution in [0.5, 0.6) is 0 Å². The molecule has 1 aromatic carbocycles. The number of nitrogen functional groups attached to an aromatic ring is 1. The van der Waals surface area contributed by atoms with Crippen molar-refractivity contribution >= 4 is 29.3 Å². The Hall–Kier alpha value is -1.49. The quantitative estimate of drug-likeness (QED) is 0.668. The molecule has 0 spiro atoms. The van der Waals surface area contributed by atoms with E-state index in [9.17, 15) is 9.59 Å². The summed E-state index contributed by atoms with van der Waals surface area (Å²) in [4.78, 5) is 25.9. The molecule has 4 nitrogen and oxygen atoms in total. The molecule has 96 valence electrons. The summed E-state index contributed by atoms with van der Waals surface area (Å²) in [6.45, 7) is 4.19. The van der Waals surface area contributed by atoms with Gasteiger partial charge in [-0.05, 0) is 31.5 Å². The number of carbonyl (C=O) groups excluding carboxylic acids is 2. The normalized spacial score (nSPS) is 19.7. The molecule has 0 aliphatic carbocycles. The van der Waals surface area contributed by atoms with Crippen LogP contribution in [-0.4, -0.2) is 28.5 Å². The van der Waals surface area contributed by atoms with E-state index in [4.69, 9.17) is 5.73 Å². The zero-order valence-electron chi connectivity index (χ0n) is 10.5. The highest BCUT2D eigenvalue weighted by Gasteiger charge is 2.38. The van der Waals surface area contributed by atoms with Crippen LogP contribution in [0.4, 0.5) is 5.69 Å². The van der Waals surface area contributed by atoms with Crippen LogP contribution in [0.25, 0.3) is 0 Å². The van der Waals surface area contributed by atoms with Gasteiger partial charge >= 0.3 is 0 Å². The van der Waals surface area contributed by atoms with Crippen molar-refractivity contribution in [2.24, 2.45) is 0 Å². The van der Waals surface area contributed by atoms with Gasteiger partial charge in [-0.2, -0.15) is 0 Å². The third kappa shape index (κ3) is 2.22. The first-order valence-electron chi connectivity index (χ1n) is 5.90. The van der Waals surface area contributed by atoms with E-state index in [0.717, 1.165) is 10.5 Å². The Kier molecular flexibility index (Phi) is 3.61. The summed E-state index contributed by atoms with van der Waals surface area (Å²) in [6, 6.07) is 5.63. The summed E-state index contributed by atoms with van der Waals surface area (Å²) in [6.07, 6.45) is 0.283. The van der Waals surface area contributed by atoms with Crippen molar-refractivity contribution < 1.29 is 9.59 Å². The van der Waals surface area contributed by atoms with Gasteiger partial charge in [0.15, 0.2) is 0 Å². The molecule has 2 N–H and O–H groups in total. The van der Waals surface area contributed by atoms with Crippen LogP contribution in [0.1, 0.15) is 18.9 Å². The molecule has 1 aromatic rings. The minimum Gasteiger partial charge on any atom is -0.398 e. The summed E-state index contributed by atoms with van der Waals surface area (Å²) in [5.74, 6) is -0.170. The van der Waals surface area contributed by atoms with Gasteiger partial charge in [0.25, 0.3) is 0 Å². The molecule has 5 heteroatoms. The zero-order chi connectivity index (χ0) is 13.3. The molecule has 1 atom stereocenters. The molecule has 0 radical (unpaired) electrons. The average Bonchev–Trinajstić information content (AvgIpc) is 2.60. The second-order valence-electron chi connectivity index (χ2n) is 4.26. The van der Waals surface area contributed by atoms with Crippen molar-refractivity contribution in [3.05, 3.63) is 23.8 Å². The molecular weight excluding hydrogens is 248 g/mol. The van der Waals surface area contributed by atoms with Gasteiger partial charge < -0.3 is 5.73 Å². The van der Waals surface area contributed by atoms with Crippen LogP contribution in [0.2, 0.25) is 0 Å². The number of hydrogen-bond donors (Lipinski definition) is 1. The number of nitrogens with zero attached hydrogens (tertiary/aromatic N) is 1. The lowest BCUT2D eigenvalue weighted by Gasteiger charge is -2.13. The van der Waals surface area contributed by atoms with Crippen molar-refractivity contribution in [3.63, 3.8) is 0 Å². The lowest BCUT2D eigenvalue weighted by molar-refractivity contribution is -0.137. The van der Waals surface area contributed by atoms with Crippen molar-refractivity contribution in [2.45, 2.75) is 30.4 Å². The van der Waals surface area contributed by atoms with Crippen molar-refractivity contribution in [1.82, 2.24) is 4.90 Å². The summed E-state index contributed by atoms with van der Waals surface area (Å²) in [7, 11) is 0. The minimum absolute atomic E-state index is 0.0819. The highest BCUT2D eigenvalue weighted by atomic mass is 32.2. The second kappa shape index (κ2) is 5.02. The van der Waals surface area contributed by atoms with Crippen LogP contribution in [0, 0.1) is 6.92 Å². The maximum absolute atomic E-state index is 12.0. The van der Waals surface area contributed by atoms with E-state index in [1.807, 2.05) is 32.0 Å². The Morgan fingerprint density at radius 3 is 2.78 bits per heavy atom. The van der Waals surface area contributed by atoms with Crippen LogP contribution >= 0.6 is 11.8 Å². The number of amides is 2. The maximum Gasteiger partial charge on any atom is 0.243 e. The van der Waals surface area contributed by atoms with E-state index in [2.05, 4.69) is 0 Å². The third-order valence-electron chi connectivity index (χ3n) is 3.11. The van der Waals surface area contributed by atoms with Crippen LogP contribution in [0.3, 0.4) is 0 Å². The first-order valence-corrected chi connectivity index (χ1v) is 6.78. The van der Waals surface area contributed by atoms with Gasteiger partial charge in [0, 0.05) is 23.5 Å². The van der Waals surface area contributed by atoms with Gasteiger partial charge in [0.2, 0.25) is 11.8 Å². The molecule has 1 saturated heterocycles. The largest absolute Gasteiger partial charge is 0.398 e. The van der Waals surface area contributed by atoms with Gasteiger partial charge in [-0.15, -0.1) is 11.8 Å². The molecule has 0 aromatic heterocycles. The molecule has 0 saturated carbocycles. The van der Waals surface area contributed by atoms with Crippen molar-refractivity contribution in [2.75, 3.05) is 12.3 Å². The van der Waals surface area contributed by atoms with E-state index >= 15 is 0 Å². The van der Waals surface area contributed by atoms with Crippen LogP contribution in [-0.2, 0) is 9.59 Å². The van der Waals surface area contributed by atoms with Gasteiger partial charge in [-0.1, -0.05) is 6.07 Å². The third-order valence-corrected chi connectivity index (χ3v) is 4.46. The predicted molar refractivity (Wildman–Crippen MR) is 72.2 cm³/mol. The van der Waals surface area contributed by atoms with Gasteiger partial charge in [0.1, 0.15) is 0 Å². The number of nitrogens with two attached hydrogens (primary N) is 1. The fourth-order valence-electron chi connectivity index (χ4n) is 1.99.